The molecule has 7 heteroatoms. The van der Waals surface area contributed by atoms with E-state index in [1.165, 1.54) is 24.3 Å². The molecule has 0 heterocycles. The number of rotatable bonds is 5. The molecule has 0 unspecified atom stereocenters. The zero-order valence-corrected chi connectivity index (χ0v) is 15.2. The van der Waals surface area contributed by atoms with E-state index < -0.39 is 23.7 Å². The molecule has 0 aliphatic heterocycles. The number of nitrogens with one attached hydrogen (secondary N) is 2. The molecule has 4 nitrogen and oxygen atoms in total. The second kappa shape index (κ2) is 8.32. The lowest BCUT2D eigenvalue weighted by molar-refractivity contribution is -0.118. The average Bonchev–Trinajstić information content (AvgIpc) is 2.55. The van der Waals surface area contributed by atoms with Crippen molar-refractivity contribution in [2.24, 2.45) is 5.92 Å². The Morgan fingerprint density at radius 1 is 1.08 bits per heavy atom. The van der Waals surface area contributed by atoms with Crippen molar-refractivity contribution in [3.8, 4) is 0 Å². The number of halogens is 3. The monoisotopic (exact) mass is 382 g/mol. The lowest BCUT2D eigenvalue weighted by atomic mass is 10.0. The van der Waals surface area contributed by atoms with E-state index in [0.717, 1.165) is 0 Å². The quantitative estimate of drug-likeness (QED) is 0.797. The molecule has 0 fully saturated rings. The van der Waals surface area contributed by atoms with Crippen LogP contribution in [-0.4, -0.2) is 17.9 Å². The normalized spacial score (nSPS) is 11.9. The molecule has 0 bridgehead atoms. The summed E-state index contributed by atoms with van der Waals surface area (Å²) in [6.07, 6.45) is 0. The first kappa shape index (κ1) is 19.2. The maximum absolute atomic E-state index is 13.7. The Hall–Kier alpha value is -2.11. The van der Waals surface area contributed by atoms with Crippen molar-refractivity contribution in [3.63, 3.8) is 0 Å². The maximum atomic E-state index is 13.7. The molecule has 0 saturated heterocycles. The van der Waals surface area contributed by atoms with E-state index in [2.05, 4.69) is 10.6 Å². The molecule has 1 atom stereocenters. The third-order valence-corrected chi connectivity index (χ3v) is 4.11. The van der Waals surface area contributed by atoms with Crippen molar-refractivity contribution in [2.45, 2.75) is 19.9 Å². The topological polar surface area (TPSA) is 58.2 Å². The molecule has 132 valence electrons. The number of amides is 2. The summed E-state index contributed by atoms with van der Waals surface area (Å²) in [7, 11) is 0. The second-order valence-electron chi connectivity index (χ2n) is 5.79. The number of carbonyl (C=O) groups excluding carboxylic acids is 2. The Labute approximate surface area is 155 Å². The van der Waals surface area contributed by atoms with Crippen LogP contribution in [0.1, 0.15) is 24.2 Å². The second-order valence-corrected chi connectivity index (χ2v) is 6.63. The number of anilines is 1. The summed E-state index contributed by atoms with van der Waals surface area (Å²) in [6, 6.07) is 9.37. The van der Waals surface area contributed by atoms with Gasteiger partial charge in [-0.15, -0.1) is 0 Å². The summed E-state index contributed by atoms with van der Waals surface area (Å²) < 4.78 is 13.7. The van der Waals surface area contributed by atoms with Gasteiger partial charge in [0.1, 0.15) is 11.9 Å². The fraction of sp³-hybridized carbons (Fsp3) is 0.222. The van der Waals surface area contributed by atoms with Crippen LogP contribution in [0.2, 0.25) is 10.0 Å². The Morgan fingerprint density at radius 2 is 1.76 bits per heavy atom. The van der Waals surface area contributed by atoms with Crippen LogP contribution in [-0.2, 0) is 4.79 Å². The molecule has 2 rings (SSSR count). The van der Waals surface area contributed by atoms with Gasteiger partial charge in [0.2, 0.25) is 5.91 Å². The molecule has 2 amide bonds. The van der Waals surface area contributed by atoms with Crippen LogP contribution >= 0.6 is 23.2 Å². The highest BCUT2D eigenvalue weighted by molar-refractivity contribution is 6.35. The van der Waals surface area contributed by atoms with Crippen molar-refractivity contribution in [2.75, 3.05) is 5.32 Å². The van der Waals surface area contributed by atoms with E-state index in [0.29, 0.717) is 15.7 Å². The van der Waals surface area contributed by atoms with E-state index in [1.807, 2.05) is 0 Å². The fourth-order valence-electron chi connectivity index (χ4n) is 2.20. The molecular formula is C18H17Cl2FN2O2. The summed E-state index contributed by atoms with van der Waals surface area (Å²) in [5.41, 5.74) is 0.215. The first-order valence-corrected chi connectivity index (χ1v) is 8.36. The van der Waals surface area contributed by atoms with E-state index in [1.54, 1.807) is 32.0 Å². The third kappa shape index (κ3) is 4.94. The van der Waals surface area contributed by atoms with Crippen molar-refractivity contribution in [1.29, 1.82) is 0 Å². The molecule has 2 aromatic carbocycles. The lowest BCUT2D eigenvalue weighted by Gasteiger charge is -2.22. The highest BCUT2D eigenvalue weighted by Crippen LogP contribution is 2.25. The van der Waals surface area contributed by atoms with Crippen LogP contribution in [0, 0.1) is 11.7 Å². The molecular weight excluding hydrogens is 366 g/mol. The molecule has 2 N–H and O–H groups in total. The van der Waals surface area contributed by atoms with Gasteiger partial charge in [0.15, 0.2) is 0 Å². The van der Waals surface area contributed by atoms with Gasteiger partial charge in [-0.1, -0.05) is 49.2 Å². The van der Waals surface area contributed by atoms with E-state index in [9.17, 15) is 14.0 Å². The van der Waals surface area contributed by atoms with Crippen LogP contribution in [0.5, 0.6) is 0 Å². The zero-order chi connectivity index (χ0) is 18.6. The first-order chi connectivity index (χ1) is 11.8. The highest BCUT2D eigenvalue weighted by atomic mass is 35.5. The molecule has 2 aromatic rings. The maximum Gasteiger partial charge on any atom is 0.254 e. The van der Waals surface area contributed by atoms with Gasteiger partial charge >= 0.3 is 0 Å². The minimum Gasteiger partial charge on any atom is -0.340 e. The number of hydrogen-bond acceptors (Lipinski definition) is 2. The van der Waals surface area contributed by atoms with Crippen molar-refractivity contribution in [1.82, 2.24) is 5.32 Å². The number of benzene rings is 2. The molecule has 25 heavy (non-hydrogen) atoms. The molecule has 0 spiro atoms. The lowest BCUT2D eigenvalue weighted by Crippen LogP contribution is -2.47. The van der Waals surface area contributed by atoms with Gasteiger partial charge in [0, 0.05) is 5.02 Å². The van der Waals surface area contributed by atoms with Gasteiger partial charge in [0.25, 0.3) is 5.91 Å². The van der Waals surface area contributed by atoms with Crippen molar-refractivity contribution in [3.05, 3.63) is 63.9 Å². The Morgan fingerprint density at radius 3 is 2.40 bits per heavy atom. The molecule has 0 radical (unpaired) electrons. The van der Waals surface area contributed by atoms with Crippen LogP contribution in [0.4, 0.5) is 10.1 Å². The van der Waals surface area contributed by atoms with Crippen LogP contribution < -0.4 is 10.6 Å². The van der Waals surface area contributed by atoms with Crippen molar-refractivity contribution >= 4 is 40.7 Å². The SMILES string of the molecule is CC(C)[C@@H](NC(=O)c1ccccc1F)C(=O)Nc1cc(Cl)ccc1Cl. The Balaban J connectivity index is 2.17. The summed E-state index contributed by atoms with van der Waals surface area (Å²) >= 11 is 11.9. The average molecular weight is 383 g/mol. The van der Waals surface area contributed by atoms with Gasteiger partial charge in [-0.3, -0.25) is 9.59 Å². The Bertz CT molecular complexity index is 796. The van der Waals surface area contributed by atoms with E-state index in [-0.39, 0.29) is 11.5 Å². The van der Waals surface area contributed by atoms with E-state index >= 15 is 0 Å². The van der Waals surface area contributed by atoms with Gasteiger partial charge in [-0.2, -0.15) is 0 Å². The molecule has 0 aliphatic rings. The van der Waals surface area contributed by atoms with Crippen LogP contribution in [0.3, 0.4) is 0 Å². The number of carbonyl (C=O) groups is 2. The van der Waals surface area contributed by atoms with Gasteiger partial charge in [0.05, 0.1) is 16.3 Å². The van der Waals surface area contributed by atoms with Crippen LogP contribution in [0.15, 0.2) is 42.5 Å². The zero-order valence-electron chi connectivity index (χ0n) is 13.6. The van der Waals surface area contributed by atoms with E-state index in [4.69, 9.17) is 23.2 Å². The standard InChI is InChI=1S/C18H17Cl2FN2O2/c1-10(2)16(23-17(24)12-5-3-4-6-14(12)21)18(25)22-15-9-11(19)7-8-13(15)20/h3-10,16H,1-2H3,(H,22,25)(H,23,24)/t16-/m1/s1. The molecule has 0 saturated carbocycles. The van der Waals surface area contributed by atoms with Gasteiger partial charge in [-0.05, 0) is 36.2 Å². The summed E-state index contributed by atoms with van der Waals surface area (Å²) in [5, 5.41) is 5.93. The summed E-state index contributed by atoms with van der Waals surface area (Å²) in [4.78, 5) is 24.8. The fourth-order valence-corrected chi connectivity index (χ4v) is 2.54. The Kier molecular flexibility index (Phi) is 6.39. The molecule has 0 aromatic heterocycles. The predicted octanol–water partition coefficient (Wildman–Crippen LogP) is 4.53. The summed E-state index contributed by atoms with van der Waals surface area (Å²) in [5.74, 6) is -2.01. The van der Waals surface area contributed by atoms with Gasteiger partial charge < -0.3 is 10.6 Å². The first-order valence-electron chi connectivity index (χ1n) is 7.61. The third-order valence-electron chi connectivity index (χ3n) is 3.54. The highest BCUT2D eigenvalue weighted by Gasteiger charge is 2.26. The van der Waals surface area contributed by atoms with Crippen LogP contribution in [0.25, 0.3) is 0 Å². The predicted molar refractivity (Wildman–Crippen MR) is 97.6 cm³/mol. The smallest absolute Gasteiger partial charge is 0.254 e. The molecule has 0 aliphatic carbocycles. The van der Waals surface area contributed by atoms with Crippen molar-refractivity contribution < 1.29 is 14.0 Å². The van der Waals surface area contributed by atoms with Gasteiger partial charge in [-0.25, -0.2) is 4.39 Å². The summed E-state index contributed by atoms with van der Waals surface area (Å²) in [6.45, 7) is 3.54. The minimum atomic E-state index is -0.873. The minimum absolute atomic E-state index is 0.123. The largest absolute Gasteiger partial charge is 0.340 e. The number of hydrogen-bond donors (Lipinski definition) is 2.